The van der Waals surface area contributed by atoms with Crippen molar-refractivity contribution in [2.24, 2.45) is 0 Å². The zero-order valence-corrected chi connectivity index (χ0v) is 11.7. The van der Waals surface area contributed by atoms with Gasteiger partial charge in [-0.15, -0.1) is 5.10 Å². The number of aromatic nitrogens is 3. The van der Waals surface area contributed by atoms with Crippen LogP contribution in [0, 0.1) is 0 Å². The molecule has 0 unspecified atom stereocenters. The average molecular weight is 291 g/mol. The zero-order valence-electron chi connectivity index (χ0n) is 11.7. The van der Waals surface area contributed by atoms with E-state index in [4.69, 9.17) is 14.6 Å². The molecule has 2 aromatic rings. The Morgan fingerprint density at radius 2 is 2.05 bits per heavy atom. The van der Waals surface area contributed by atoms with Gasteiger partial charge in [0.1, 0.15) is 12.4 Å². The number of carbonyl (C=O) groups is 1. The highest BCUT2D eigenvalue weighted by molar-refractivity contribution is 5.84. The first-order chi connectivity index (χ1) is 10.2. The highest BCUT2D eigenvalue weighted by atomic mass is 16.5. The molecule has 1 aromatic carbocycles. The summed E-state index contributed by atoms with van der Waals surface area (Å²) in [6, 6.07) is 7.78. The van der Waals surface area contributed by atoms with Gasteiger partial charge < -0.3 is 14.6 Å². The molecule has 112 valence electrons. The smallest absolute Gasteiger partial charge is 0.358 e. The molecular formula is C14H17N3O4. The standard InChI is InChI=1S/C14H17N3O4/c1-20-8-6-11-2-4-12(5-3-11)21-9-7-17-10-13(14(18)19)15-16-17/h2-5,10H,6-9H2,1H3,(H,18,19). The quantitative estimate of drug-likeness (QED) is 0.787. The van der Waals surface area contributed by atoms with E-state index < -0.39 is 5.97 Å². The summed E-state index contributed by atoms with van der Waals surface area (Å²) >= 11 is 0. The van der Waals surface area contributed by atoms with Gasteiger partial charge in [0, 0.05) is 7.11 Å². The van der Waals surface area contributed by atoms with Gasteiger partial charge in [0.15, 0.2) is 5.69 Å². The summed E-state index contributed by atoms with van der Waals surface area (Å²) in [5.41, 5.74) is 1.11. The van der Waals surface area contributed by atoms with Gasteiger partial charge in [-0.2, -0.15) is 0 Å². The van der Waals surface area contributed by atoms with Gasteiger partial charge in [-0.1, -0.05) is 17.3 Å². The Bertz CT molecular complexity index is 580. The number of carboxylic acid groups (broad SMARTS) is 1. The predicted molar refractivity (Wildman–Crippen MR) is 74.5 cm³/mol. The number of carboxylic acids is 1. The van der Waals surface area contributed by atoms with Crippen molar-refractivity contribution in [2.75, 3.05) is 20.3 Å². The summed E-state index contributed by atoms with van der Waals surface area (Å²) < 4.78 is 12.0. The van der Waals surface area contributed by atoms with Crippen LogP contribution in [0.3, 0.4) is 0 Å². The summed E-state index contributed by atoms with van der Waals surface area (Å²) in [4.78, 5) is 10.7. The number of methoxy groups -OCH3 is 1. The molecule has 1 N–H and O–H groups in total. The van der Waals surface area contributed by atoms with Gasteiger partial charge >= 0.3 is 5.97 Å². The molecule has 1 aromatic heterocycles. The zero-order chi connectivity index (χ0) is 15.1. The summed E-state index contributed by atoms with van der Waals surface area (Å²) in [5, 5.41) is 16.0. The van der Waals surface area contributed by atoms with Gasteiger partial charge in [0.2, 0.25) is 0 Å². The van der Waals surface area contributed by atoms with Crippen LogP contribution in [0.5, 0.6) is 5.75 Å². The van der Waals surface area contributed by atoms with Crippen LogP contribution in [0.15, 0.2) is 30.5 Å². The molecule has 0 atom stereocenters. The van der Waals surface area contributed by atoms with Gasteiger partial charge in [0.25, 0.3) is 0 Å². The SMILES string of the molecule is COCCc1ccc(OCCn2cc(C(=O)O)nn2)cc1. The second-order valence-electron chi connectivity index (χ2n) is 4.41. The maximum Gasteiger partial charge on any atom is 0.358 e. The number of nitrogens with zero attached hydrogens (tertiary/aromatic N) is 3. The highest BCUT2D eigenvalue weighted by Gasteiger charge is 2.07. The van der Waals surface area contributed by atoms with E-state index in [0.717, 1.165) is 12.2 Å². The number of rotatable bonds is 8. The summed E-state index contributed by atoms with van der Waals surface area (Å²) in [6.07, 6.45) is 2.24. The van der Waals surface area contributed by atoms with Crippen molar-refractivity contribution in [3.05, 3.63) is 41.7 Å². The lowest BCUT2D eigenvalue weighted by atomic mass is 10.1. The van der Waals surface area contributed by atoms with E-state index in [2.05, 4.69) is 10.3 Å². The first-order valence-corrected chi connectivity index (χ1v) is 6.53. The van der Waals surface area contributed by atoms with Crippen LogP contribution < -0.4 is 4.74 Å². The number of hydrogen-bond acceptors (Lipinski definition) is 5. The maximum atomic E-state index is 10.7. The Morgan fingerprint density at radius 1 is 1.29 bits per heavy atom. The molecule has 0 saturated heterocycles. The fraction of sp³-hybridized carbons (Fsp3) is 0.357. The minimum Gasteiger partial charge on any atom is -0.492 e. The van der Waals surface area contributed by atoms with Crippen molar-refractivity contribution in [2.45, 2.75) is 13.0 Å². The van der Waals surface area contributed by atoms with Crippen molar-refractivity contribution in [1.82, 2.24) is 15.0 Å². The number of hydrogen-bond donors (Lipinski definition) is 1. The topological polar surface area (TPSA) is 86.5 Å². The largest absolute Gasteiger partial charge is 0.492 e. The van der Waals surface area contributed by atoms with Crippen molar-refractivity contribution < 1.29 is 19.4 Å². The summed E-state index contributed by atoms with van der Waals surface area (Å²) in [5.74, 6) is -0.330. The van der Waals surface area contributed by atoms with E-state index in [-0.39, 0.29) is 5.69 Å². The van der Waals surface area contributed by atoms with Gasteiger partial charge in [0.05, 0.1) is 19.3 Å². The summed E-state index contributed by atoms with van der Waals surface area (Å²) in [6.45, 7) is 1.52. The Morgan fingerprint density at radius 3 is 2.67 bits per heavy atom. The van der Waals surface area contributed by atoms with E-state index >= 15 is 0 Å². The third kappa shape index (κ3) is 4.57. The van der Waals surface area contributed by atoms with Crippen LogP contribution >= 0.6 is 0 Å². The van der Waals surface area contributed by atoms with Crippen LogP contribution in [-0.2, 0) is 17.7 Å². The summed E-state index contributed by atoms with van der Waals surface area (Å²) in [7, 11) is 1.68. The number of benzene rings is 1. The van der Waals surface area contributed by atoms with Gasteiger partial charge in [-0.05, 0) is 24.1 Å². The van der Waals surface area contributed by atoms with E-state index in [9.17, 15) is 4.79 Å². The third-order valence-electron chi connectivity index (χ3n) is 2.87. The lowest BCUT2D eigenvalue weighted by Gasteiger charge is -2.07. The molecule has 0 fully saturated rings. The van der Waals surface area contributed by atoms with E-state index in [1.165, 1.54) is 16.4 Å². The normalized spacial score (nSPS) is 10.5. The molecule has 0 spiro atoms. The second-order valence-corrected chi connectivity index (χ2v) is 4.41. The molecule has 0 saturated carbocycles. The molecule has 0 bridgehead atoms. The number of aromatic carboxylic acids is 1. The first-order valence-electron chi connectivity index (χ1n) is 6.53. The van der Waals surface area contributed by atoms with E-state index in [1.807, 2.05) is 24.3 Å². The maximum absolute atomic E-state index is 10.7. The average Bonchev–Trinajstić information content (AvgIpc) is 2.95. The Balaban J connectivity index is 1.78. The third-order valence-corrected chi connectivity index (χ3v) is 2.87. The number of ether oxygens (including phenoxy) is 2. The molecule has 2 rings (SSSR count). The molecule has 7 heteroatoms. The van der Waals surface area contributed by atoms with Crippen LogP contribution in [0.1, 0.15) is 16.1 Å². The lowest BCUT2D eigenvalue weighted by molar-refractivity contribution is 0.0690. The van der Waals surface area contributed by atoms with Crippen molar-refractivity contribution in [1.29, 1.82) is 0 Å². The molecule has 0 radical (unpaired) electrons. The van der Waals surface area contributed by atoms with Crippen molar-refractivity contribution in [3.63, 3.8) is 0 Å². The highest BCUT2D eigenvalue weighted by Crippen LogP contribution is 2.12. The van der Waals surface area contributed by atoms with E-state index in [1.54, 1.807) is 7.11 Å². The first kappa shape index (κ1) is 15.0. The monoisotopic (exact) mass is 291 g/mol. The Hall–Kier alpha value is -2.41. The van der Waals surface area contributed by atoms with Crippen molar-refractivity contribution in [3.8, 4) is 5.75 Å². The van der Waals surface area contributed by atoms with Crippen LogP contribution in [0.4, 0.5) is 0 Å². The second kappa shape index (κ2) is 7.39. The molecule has 0 aliphatic heterocycles. The molecule has 0 aliphatic carbocycles. The molecule has 1 heterocycles. The van der Waals surface area contributed by atoms with Crippen LogP contribution in [-0.4, -0.2) is 46.4 Å². The Kier molecular flexibility index (Phi) is 5.28. The van der Waals surface area contributed by atoms with Crippen molar-refractivity contribution >= 4 is 5.97 Å². The minimum atomic E-state index is -1.09. The molecule has 21 heavy (non-hydrogen) atoms. The molecular weight excluding hydrogens is 274 g/mol. The fourth-order valence-corrected chi connectivity index (χ4v) is 1.73. The lowest BCUT2D eigenvalue weighted by Crippen LogP contribution is -2.08. The van der Waals surface area contributed by atoms with Crippen LogP contribution in [0.25, 0.3) is 0 Å². The molecule has 7 nitrogen and oxygen atoms in total. The van der Waals surface area contributed by atoms with Gasteiger partial charge in [-0.3, -0.25) is 0 Å². The van der Waals surface area contributed by atoms with E-state index in [0.29, 0.717) is 19.8 Å². The Labute approximate surface area is 122 Å². The molecule has 0 amide bonds. The predicted octanol–water partition coefficient (Wildman–Crippen LogP) is 1.24. The fourth-order valence-electron chi connectivity index (χ4n) is 1.73. The minimum absolute atomic E-state index is 0.0718. The van der Waals surface area contributed by atoms with Crippen LogP contribution in [0.2, 0.25) is 0 Å². The van der Waals surface area contributed by atoms with Gasteiger partial charge in [-0.25, -0.2) is 9.48 Å². The molecule has 0 aliphatic rings.